The fourth-order valence-electron chi connectivity index (χ4n) is 6.27. The van der Waals surface area contributed by atoms with Gasteiger partial charge in [-0.15, -0.1) is 0 Å². The van der Waals surface area contributed by atoms with Crippen LogP contribution in [0.4, 0.5) is 0 Å². The van der Waals surface area contributed by atoms with E-state index < -0.39 is 0 Å². The molecular formula is C22H32O3. The standard InChI is InChI=1S/C22H32O3/c1-22-11-10-18-17-6-4-15(13-23-2)12-16(17)5-7-19(18)20(22)8-9-21(22)25-14-24-3/h4,6,12,18-21H,5,7-11,13-14H2,1-3H3/t18?,19?,20?,21?,22-/m0/s1. The molecule has 4 rings (SSSR count). The molecule has 25 heavy (non-hydrogen) atoms. The van der Waals surface area contributed by atoms with E-state index in [1.165, 1.54) is 44.1 Å². The summed E-state index contributed by atoms with van der Waals surface area (Å²) in [6.07, 6.45) is 8.06. The Kier molecular flexibility index (Phi) is 4.91. The number of rotatable bonds is 5. The number of hydrogen-bond acceptors (Lipinski definition) is 3. The summed E-state index contributed by atoms with van der Waals surface area (Å²) in [4.78, 5) is 0. The highest BCUT2D eigenvalue weighted by Gasteiger charge is 2.55. The molecule has 0 radical (unpaired) electrons. The van der Waals surface area contributed by atoms with Crippen molar-refractivity contribution in [3.63, 3.8) is 0 Å². The van der Waals surface area contributed by atoms with Gasteiger partial charge in [-0.05, 0) is 78.4 Å². The molecule has 3 nitrogen and oxygen atoms in total. The molecule has 2 saturated carbocycles. The summed E-state index contributed by atoms with van der Waals surface area (Å²) < 4.78 is 16.6. The molecule has 0 bridgehead atoms. The van der Waals surface area contributed by atoms with Crippen LogP contribution < -0.4 is 0 Å². The van der Waals surface area contributed by atoms with E-state index in [1.807, 2.05) is 0 Å². The van der Waals surface area contributed by atoms with E-state index in [1.54, 1.807) is 25.3 Å². The first-order valence-electron chi connectivity index (χ1n) is 9.88. The van der Waals surface area contributed by atoms with Crippen molar-refractivity contribution in [1.29, 1.82) is 0 Å². The smallest absolute Gasteiger partial charge is 0.146 e. The minimum atomic E-state index is 0.340. The van der Waals surface area contributed by atoms with Crippen molar-refractivity contribution < 1.29 is 14.2 Å². The first kappa shape index (κ1) is 17.5. The van der Waals surface area contributed by atoms with Crippen LogP contribution in [0.15, 0.2) is 18.2 Å². The second-order valence-corrected chi connectivity index (χ2v) is 8.57. The second-order valence-electron chi connectivity index (χ2n) is 8.57. The van der Waals surface area contributed by atoms with E-state index in [-0.39, 0.29) is 0 Å². The van der Waals surface area contributed by atoms with Gasteiger partial charge in [0, 0.05) is 14.2 Å². The maximum absolute atomic E-state index is 6.08. The van der Waals surface area contributed by atoms with Gasteiger partial charge in [-0.1, -0.05) is 25.1 Å². The Morgan fingerprint density at radius 1 is 1.08 bits per heavy atom. The molecule has 0 heterocycles. The molecule has 0 spiro atoms. The summed E-state index contributed by atoms with van der Waals surface area (Å²) in [5, 5.41) is 0. The van der Waals surface area contributed by atoms with Crippen LogP contribution in [0.25, 0.3) is 0 Å². The molecule has 3 aliphatic carbocycles. The maximum Gasteiger partial charge on any atom is 0.146 e. The van der Waals surface area contributed by atoms with Crippen LogP contribution in [-0.2, 0) is 27.2 Å². The molecule has 0 aliphatic heterocycles. The van der Waals surface area contributed by atoms with Crippen LogP contribution in [0.5, 0.6) is 0 Å². The average molecular weight is 344 g/mol. The van der Waals surface area contributed by atoms with Crippen molar-refractivity contribution in [2.24, 2.45) is 17.3 Å². The Balaban J connectivity index is 1.56. The van der Waals surface area contributed by atoms with Crippen LogP contribution in [-0.4, -0.2) is 27.1 Å². The summed E-state index contributed by atoms with van der Waals surface area (Å²) >= 11 is 0. The molecule has 3 heteroatoms. The Morgan fingerprint density at radius 2 is 1.96 bits per heavy atom. The monoisotopic (exact) mass is 344 g/mol. The SMILES string of the molecule is COCOC1CCC2C3CCc4cc(COC)ccc4C3CC[C@]12C. The van der Waals surface area contributed by atoms with E-state index in [0.717, 1.165) is 24.4 Å². The first-order chi connectivity index (χ1) is 12.2. The zero-order chi connectivity index (χ0) is 17.4. The highest BCUT2D eigenvalue weighted by atomic mass is 16.7. The van der Waals surface area contributed by atoms with Crippen LogP contribution in [0.3, 0.4) is 0 Å². The molecule has 0 aromatic heterocycles. The van der Waals surface area contributed by atoms with E-state index in [4.69, 9.17) is 14.2 Å². The number of ether oxygens (including phenoxy) is 3. The minimum absolute atomic E-state index is 0.340. The van der Waals surface area contributed by atoms with Crippen molar-refractivity contribution >= 4 is 0 Å². The van der Waals surface area contributed by atoms with Gasteiger partial charge in [0.1, 0.15) is 6.79 Å². The molecule has 5 atom stereocenters. The molecule has 4 unspecified atom stereocenters. The van der Waals surface area contributed by atoms with Crippen LogP contribution >= 0.6 is 0 Å². The normalized spacial score (nSPS) is 36.6. The van der Waals surface area contributed by atoms with E-state index in [2.05, 4.69) is 25.1 Å². The van der Waals surface area contributed by atoms with Gasteiger partial charge in [0.15, 0.2) is 0 Å². The molecule has 2 fully saturated rings. The van der Waals surface area contributed by atoms with Crippen LogP contribution in [0.1, 0.15) is 61.6 Å². The zero-order valence-corrected chi connectivity index (χ0v) is 15.9. The molecule has 0 amide bonds. The van der Waals surface area contributed by atoms with Crippen molar-refractivity contribution in [2.45, 2.75) is 64.1 Å². The van der Waals surface area contributed by atoms with Crippen molar-refractivity contribution in [2.75, 3.05) is 21.0 Å². The number of benzene rings is 1. The highest BCUT2D eigenvalue weighted by molar-refractivity contribution is 5.38. The number of aryl methyl sites for hydroxylation is 1. The molecular weight excluding hydrogens is 312 g/mol. The Hall–Kier alpha value is -0.900. The van der Waals surface area contributed by atoms with Gasteiger partial charge in [0.25, 0.3) is 0 Å². The third-order valence-corrected chi connectivity index (χ3v) is 7.40. The number of fused-ring (bicyclic) bond motifs is 5. The van der Waals surface area contributed by atoms with Gasteiger partial charge in [-0.2, -0.15) is 0 Å². The lowest BCUT2D eigenvalue weighted by Crippen LogP contribution is -2.44. The van der Waals surface area contributed by atoms with Crippen molar-refractivity contribution in [3.8, 4) is 0 Å². The lowest BCUT2D eigenvalue weighted by Gasteiger charge is -2.50. The molecule has 3 aliphatic rings. The largest absolute Gasteiger partial charge is 0.380 e. The summed E-state index contributed by atoms with van der Waals surface area (Å²) in [5.74, 6) is 2.38. The van der Waals surface area contributed by atoms with Crippen molar-refractivity contribution in [3.05, 3.63) is 34.9 Å². The minimum Gasteiger partial charge on any atom is -0.380 e. The third kappa shape index (κ3) is 2.94. The molecule has 0 N–H and O–H groups in total. The second kappa shape index (κ2) is 7.02. The number of methoxy groups -OCH3 is 2. The Labute approximate surface area is 152 Å². The number of hydrogen-bond donors (Lipinski definition) is 0. The van der Waals surface area contributed by atoms with E-state index in [9.17, 15) is 0 Å². The zero-order valence-electron chi connectivity index (χ0n) is 15.9. The quantitative estimate of drug-likeness (QED) is 0.726. The van der Waals surface area contributed by atoms with Crippen LogP contribution in [0.2, 0.25) is 0 Å². The first-order valence-corrected chi connectivity index (χ1v) is 9.88. The predicted molar refractivity (Wildman–Crippen MR) is 98.5 cm³/mol. The van der Waals surface area contributed by atoms with Gasteiger partial charge in [-0.3, -0.25) is 0 Å². The lowest BCUT2D eigenvalue weighted by molar-refractivity contribution is -0.125. The van der Waals surface area contributed by atoms with Crippen LogP contribution in [0, 0.1) is 17.3 Å². The Morgan fingerprint density at radius 3 is 2.76 bits per heavy atom. The fourth-order valence-corrected chi connectivity index (χ4v) is 6.27. The van der Waals surface area contributed by atoms with E-state index in [0.29, 0.717) is 18.3 Å². The topological polar surface area (TPSA) is 27.7 Å². The lowest BCUT2D eigenvalue weighted by atomic mass is 9.55. The summed E-state index contributed by atoms with van der Waals surface area (Å²) in [7, 11) is 3.50. The molecule has 0 saturated heterocycles. The fraction of sp³-hybridized carbons (Fsp3) is 0.727. The summed E-state index contributed by atoms with van der Waals surface area (Å²) in [5.41, 5.74) is 4.85. The maximum atomic E-state index is 6.08. The molecule has 1 aromatic carbocycles. The van der Waals surface area contributed by atoms with E-state index >= 15 is 0 Å². The predicted octanol–water partition coefficient (Wildman–Crippen LogP) is 4.68. The average Bonchev–Trinajstić information content (AvgIpc) is 2.96. The third-order valence-electron chi connectivity index (χ3n) is 7.40. The highest BCUT2D eigenvalue weighted by Crippen LogP contribution is 2.61. The van der Waals surface area contributed by atoms with Gasteiger partial charge >= 0.3 is 0 Å². The van der Waals surface area contributed by atoms with Gasteiger partial charge in [0.2, 0.25) is 0 Å². The van der Waals surface area contributed by atoms with Gasteiger partial charge < -0.3 is 14.2 Å². The summed E-state index contributed by atoms with van der Waals surface area (Å²) in [6, 6.07) is 7.07. The van der Waals surface area contributed by atoms with Gasteiger partial charge in [0.05, 0.1) is 12.7 Å². The van der Waals surface area contributed by atoms with Crippen molar-refractivity contribution in [1.82, 2.24) is 0 Å². The molecule has 1 aromatic rings. The summed E-state index contributed by atoms with van der Waals surface area (Å²) in [6.45, 7) is 3.64. The Bertz CT molecular complexity index is 613. The van der Waals surface area contributed by atoms with Gasteiger partial charge in [-0.25, -0.2) is 0 Å². The molecule has 138 valence electrons.